The summed E-state index contributed by atoms with van der Waals surface area (Å²) in [5.41, 5.74) is 4.06. The number of thioether (sulfide) groups is 1. The highest BCUT2D eigenvalue weighted by Gasteiger charge is 2.33. The second kappa shape index (κ2) is 10.1. The van der Waals surface area contributed by atoms with E-state index in [0.29, 0.717) is 5.76 Å². The Balaban J connectivity index is 1.59. The third kappa shape index (κ3) is 4.78. The second-order valence-corrected chi connectivity index (χ2v) is 10.9. The number of thiophene rings is 1. The van der Waals surface area contributed by atoms with Crippen LogP contribution in [0.25, 0.3) is 0 Å². The molecule has 3 heterocycles. The predicted octanol–water partition coefficient (Wildman–Crippen LogP) is 5.53. The third-order valence-electron chi connectivity index (χ3n) is 6.79. The van der Waals surface area contributed by atoms with Crippen LogP contribution in [0.5, 0.6) is 0 Å². The summed E-state index contributed by atoms with van der Waals surface area (Å²) < 4.78 is 5.38. The minimum absolute atomic E-state index is 0.139. The molecule has 1 aliphatic carbocycles. The quantitative estimate of drug-likeness (QED) is 0.469. The number of hydrogen-bond donors (Lipinski definition) is 1. The first-order valence-corrected chi connectivity index (χ1v) is 13.7. The number of benzene rings is 1. The first kappa shape index (κ1) is 22.7. The van der Waals surface area contributed by atoms with Crippen molar-refractivity contribution in [2.24, 2.45) is 0 Å². The number of nitrogens with zero attached hydrogens (tertiary/aromatic N) is 2. The molecule has 174 valence electrons. The number of hydrogen-bond acceptors (Lipinski definition) is 6. The van der Waals surface area contributed by atoms with E-state index in [4.69, 9.17) is 4.42 Å². The molecular formula is C26H31N3O2S2. The van der Waals surface area contributed by atoms with Crippen LogP contribution in [0.15, 0.2) is 52.0 Å². The van der Waals surface area contributed by atoms with Gasteiger partial charge in [0.1, 0.15) is 5.00 Å². The molecular weight excluding hydrogens is 450 g/mol. The molecule has 1 aliphatic heterocycles. The van der Waals surface area contributed by atoms with Crippen molar-refractivity contribution in [3.63, 3.8) is 0 Å². The molecule has 1 unspecified atom stereocenters. The molecule has 7 heteroatoms. The number of fused-ring (bicyclic) bond motifs is 1. The largest absolute Gasteiger partial charge is 0.459 e. The summed E-state index contributed by atoms with van der Waals surface area (Å²) in [6.45, 7) is 4.14. The average molecular weight is 482 g/mol. The fraction of sp³-hybridized carbons (Fsp3) is 0.423. The second-order valence-electron chi connectivity index (χ2n) is 8.90. The molecule has 0 spiro atoms. The van der Waals surface area contributed by atoms with E-state index in [1.807, 2.05) is 0 Å². The predicted molar refractivity (Wildman–Crippen MR) is 137 cm³/mol. The molecule has 1 amide bonds. The van der Waals surface area contributed by atoms with Crippen molar-refractivity contribution >= 4 is 34.0 Å². The number of likely N-dealkylation sites (N-methyl/N-ethyl adjacent to an activating group) is 1. The van der Waals surface area contributed by atoms with Crippen LogP contribution in [0.4, 0.5) is 5.00 Å². The number of piperazine rings is 1. The molecule has 0 bridgehead atoms. The van der Waals surface area contributed by atoms with E-state index in [9.17, 15) is 4.79 Å². The van der Waals surface area contributed by atoms with Gasteiger partial charge in [0.05, 0.1) is 12.3 Å². The highest BCUT2D eigenvalue weighted by molar-refractivity contribution is 7.98. The Bertz CT molecular complexity index is 1080. The molecule has 1 saturated heterocycles. The van der Waals surface area contributed by atoms with Gasteiger partial charge in [-0.1, -0.05) is 12.1 Å². The van der Waals surface area contributed by atoms with Crippen LogP contribution in [0.1, 0.15) is 51.0 Å². The van der Waals surface area contributed by atoms with Crippen LogP contribution in [0.3, 0.4) is 0 Å². The number of nitrogens with one attached hydrogen (secondary N) is 1. The van der Waals surface area contributed by atoms with Gasteiger partial charge < -0.3 is 14.6 Å². The van der Waals surface area contributed by atoms with Gasteiger partial charge in [0.15, 0.2) is 5.76 Å². The smallest absolute Gasteiger partial charge is 0.291 e. The number of amides is 1. The van der Waals surface area contributed by atoms with Gasteiger partial charge in [0.2, 0.25) is 0 Å². The molecule has 5 nitrogen and oxygen atoms in total. The lowest BCUT2D eigenvalue weighted by molar-refractivity contribution is 0.0996. The van der Waals surface area contributed by atoms with E-state index in [-0.39, 0.29) is 11.9 Å². The van der Waals surface area contributed by atoms with Gasteiger partial charge in [-0.05, 0) is 74.4 Å². The first-order valence-electron chi connectivity index (χ1n) is 11.7. The van der Waals surface area contributed by atoms with Crippen LogP contribution in [-0.4, -0.2) is 55.2 Å². The van der Waals surface area contributed by atoms with Crippen LogP contribution in [0, 0.1) is 0 Å². The van der Waals surface area contributed by atoms with Gasteiger partial charge in [-0.3, -0.25) is 9.69 Å². The van der Waals surface area contributed by atoms with Crippen LogP contribution < -0.4 is 5.32 Å². The van der Waals surface area contributed by atoms with Gasteiger partial charge >= 0.3 is 0 Å². The van der Waals surface area contributed by atoms with E-state index in [2.05, 4.69) is 52.7 Å². The van der Waals surface area contributed by atoms with Gasteiger partial charge in [0, 0.05) is 41.5 Å². The van der Waals surface area contributed by atoms with Crippen molar-refractivity contribution in [3.8, 4) is 0 Å². The molecule has 1 aromatic carbocycles. The van der Waals surface area contributed by atoms with Crippen LogP contribution in [0.2, 0.25) is 0 Å². The van der Waals surface area contributed by atoms with Gasteiger partial charge in [-0.15, -0.1) is 23.1 Å². The minimum Gasteiger partial charge on any atom is -0.459 e. The zero-order valence-electron chi connectivity index (χ0n) is 19.3. The number of rotatable bonds is 6. The maximum Gasteiger partial charge on any atom is 0.291 e. The molecule has 0 saturated carbocycles. The highest BCUT2D eigenvalue weighted by atomic mass is 32.2. The summed E-state index contributed by atoms with van der Waals surface area (Å²) in [5, 5.41) is 4.22. The number of anilines is 1. The van der Waals surface area contributed by atoms with Crippen molar-refractivity contribution in [2.75, 3.05) is 44.8 Å². The maximum absolute atomic E-state index is 13.0. The fourth-order valence-corrected chi connectivity index (χ4v) is 6.70. The summed E-state index contributed by atoms with van der Waals surface area (Å²) in [6, 6.07) is 12.6. The first-order chi connectivity index (χ1) is 16.1. The van der Waals surface area contributed by atoms with Crippen LogP contribution >= 0.6 is 23.1 Å². The van der Waals surface area contributed by atoms with E-state index in [0.717, 1.165) is 44.0 Å². The van der Waals surface area contributed by atoms with E-state index in [1.54, 1.807) is 41.5 Å². The molecule has 0 radical (unpaired) electrons. The third-order valence-corrected chi connectivity index (χ3v) is 8.76. The molecule has 1 atom stereocenters. The summed E-state index contributed by atoms with van der Waals surface area (Å²) in [6.07, 6.45) is 8.29. The van der Waals surface area contributed by atoms with Crippen molar-refractivity contribution in [2.45, 2.75) is 36.6 Å². The Morgan fingerprint density at radius 1 is 1.09 bits per heavy atom. The summed E-state index contributed by atoms with van der Waals surface area (Å²) >= 11 is 3.54. The van der Waals surface area contributed by atoms with Crippen molar-refractivity contribution in [1.29, 1.82) is 0 Å². The lowest BCUT2D eigenvalue weighted by Gasteiger charge is -2.39. The van der Waals surface area contributed by atoms with E-state index in [1.165, 1.54) is 39.3 Å². The van der Waals surface area contributed by atoms with Gasteiger partial charge in [0.25, 0.3) is 5.91 Å². The van der Waals surface area contributed by atoms with Gasteiger partial charge in [-0.2, -0.15) is 0 Å². The Morgan fingerprint density at radius 2 is 1.85 bits per heavy atom. The molecule has 33 heavy (non-hydrogen) atoms. The van der Waals surface area contributed by atoms with E-state index < -0.39 is 0 Å². The van der Waals surface area contributed by atoms with Gasteiger partial charge in [-0.25, -0.2) is 0 Å². The molecule has 5 rings (SSSR count). The summed E-state index contributed by atoms with van der Waals surface area (Å²) in [7, 11) is 2.20. The average Bonchev–Trinajstić information content (AvgIpc) is 3.50. The lowest BCUT2D eigenvalue weighted by atomic mass is 9.88. The summed E-state index contributed by atoms with van der Waals surface area (Å²) in [4.78, 5) is 20.7. The number of carbonyl (C=O) groups is 1. The molecule has 1 fully saturated rings. The monoisotopic (exact) mass is 481 g/mol. The summed E-state index contributed by atoms with van der Waals surface area (Å²) in [5.74, 6) is 0.183. The SMILES string of the molecule is CSc1ccc(C(c2c(NC(=O)c3ccco3)sc3c2CCCC3)N2CCN(C)CC2)cc1. The Kier molecular flexibility index (Phi) is 6.92. The highest BCUT2D eigenvalue weighted by Crippen LogP contribution is 2.46. The Labute approximate surface area is 204 Å². The Hall–Kier alpha value is -2.06. The topological polar surface area (TPSA) is 48.7 Å². The molecule has 2 aromatic heterocycles. The molecule has 2 aliphatic rings. The fourth-order valence-electron chi connectivity index (χ4n) is 4.97. The standard InChI is InChI=1S/C26H31N3O2S2/c1-28-13-15-29(16-14-28)24(18-9-11-19(32-2)12-10-18)23-20-6-3-4-8-22(20)33-26(23)27-25(30)21-7-5-17-31-21/h5,7,9-12,17,24H,3-4,6,8,13-16H2,1-2H3,(H,27,30). The van der Waals surface area contributed by atoms with Crippen molar-refractivity contribution < 1.29 is 9.21 Å². The van der Waals surface area contributed by atoms with E-state index >= 15 is 0 Å². The molecule has 1 N–H and O–H groups in total. The molecule has 3 aromatic rings. The zero-order chi connectivity index (χ0) is 22.8. The lowest BCUT2D eigenvalue weighted by Crippen LogP contribution is -2.46. The Morgan fingerprint density at radius 3 is 2.55 bits per heavy atom. The minimum atomic E-state index is -0.172. The maximum atomic E-state index is 13.0. The normalized spacial score (nSPS) is 18.1. The van der Waals surface area contributed by atoms with Crippen molar-refractivity contribution in [3.05, 3.63) is 70.0 Å². The number of aryl methyl sites for hydroxylation is 1. The number of carbonyl (C=O) groups excluding carboxylic acids is 1. The van der Waals surface area contributed by atoms with Crippen molar-refractivity contribution in [1.82, 2.24) is 9.80 Å². The number of furan rings is 1. The zero-order valence-corrected chi connectivity index (χ0v) is 20.9. The van der Waals surface area contributed by atoms with Crippen LogP contribution in [-0.2, 0) is 12.8 Å².